The topological polar surface area (TPSA) is 37.3 Å². The predicted molar refractivity (Wildman–Crippen MR) is 45.1 cm³/mol. The van der Waals surface area contributed by atoms with E-state index in [1.165, 1.54) is 0 Å². The van der Waals surface area contributed by atoms with Crippen LogP contribution in [0.3, 0.4) is 0 Å². The van der Waals surface area contributed by atoms with Gasteiger partial charge in [0.2, 0.25) is 0 Å². The van der Waals surface area contributed by atoms with Crippen LogP contribution in [0.5, 0.6) is 0 Å². The summed E-state index contributed by atoms with van der Waals surface area (Å²) >= 11 is 2.96. The van der Waals surface area contributed by atoms with Gasteiger partial charge in [0.25, 0.3) is 0 Å². The Balaban J connectivity index is 2.73. The van der Waals surface area contributed by atoms with Crippen molar-refractivity contribution >= 4 is 21.9 Å². The summed E-state index contributed by atoms with van der Waals surface area (Å²) in [6.45, 7) is 3.85. The SMILES string of the molecule is CC1(C)C(C#CBr)C1C(=O)O. The van der Waals surface area contributed by atoms with E-state index in [0.717, 1.165) is 0 Å². The minimum Gasteiger partial charge on any atom is -0.481 e. The quantitative estimate of drug-likeness (QED) is 0.678. The lowest BCUT2D eigenvalue weighted by Gasteiger charge is -1.94. The predicted octanol–water partition coefficient (Wildman–Crippen LogP) is 1.70. The Kier molecular flexibility index (Phi) is 1.98. The van der Waals surface area contributed by atoms with E-state index in [9.17, 15) is 4.79 Å². The highest BCUT2D eigenvalue weighted by molar-refractivity contribution is 9.12. The van der Waals surface area contributed by atoms with Crippen molar-refractivity contribution in [2.24, 2.45) is 17.3 Å². The van der Waals surface area contributed by atoms with E-state index in [1.54, 1.807) is 0 Å². The number of aliphatic carboxylic acids is 1. The summed E-state index contributed by atoms with van der Waals surface area (Å²) in [4.78, 5) is 13.1. The van der Waals surface area contributed by atoms with Crippen molar-refractivity contribution in [2.75, 3.05) is 0 Å². The van der Waals surface area contributed by atoms with Gasteiger partial charge in [0.05, 0.1) is 5.92 Å². The molecule has 2 atom stereocenters. The Bertz CT molecular complexity index is 247. The van der Waals surface area contributed by atoms with Crippen molar-refractivity contribution in [1.82, 2.24) is 0 Å². The zero-order valence-electron chi connectivity index (χ0n) is 6.39. The molecule has 0 saturated heterocycles. The summed E-state index contributed by atoms with van der Waals surface area (Å²) in [5, 5.41) is 8.70. The molecule has 0 aromatic heterocycles. The van der Waals surface area contributed by atoms with Crippen molar-refractivity contribution in [3.05, 3.63) is 0 Å². The van der Waals surface area contributed by atoms with E-state index < -0.39 is 5.97 Å². The molecular weight excluding hydrogens is 208 g/mol. The van der Waals surface area contributed by atoms with E-state index in [4.69, 9.17) is 5.11 Å². The standard InChI is InChI=1S/C8H9BrO2/c1-8(2)5(3-4-9)6(8)7(10)11/h5-6H,1-2H3,(H,10,11). The van der Waals surface area contributed by atoms with E-state index in [2.05, 4.69) is 26.7 Å². The molecule has 1 saturated carbocycles. The Morgan fingerprint density at radius 3 is 2.45 bits per heavy atom. The number of carboxylic acid groups (broad SMARTS) is 1. The van der Waals surface area contributed by atoms with Gasteiger partial charge in [-0.05, 0) is 10.2 Å². The highest BCUT2D eigenvalue weighted by Gasteiger charge is 2.61. The van der Waals surface area contributed by atoms with Crippen LogP contribution in [0.25, 0.3) is 0 Å². The highest BCUT2D eigenvalue weighted by Crippen LogP contribution is 2.57. The van der Waals surface area contributed by atoms with Crippen LogP contribution in [0.2, 0.25) is 0 Å². The first-order valence-electron chi connectivity index (χ1n) is 3.35. The van der Waals surface area contributed by atoms with Crippen LogP contribution in [0.15, 0.2) is 0 Å². The fourth-order valence-electron chi connectivity index (χ4n) is 1.43. The molecule has 0 heterocycles. The second-order valence-corrected chi connectivity index (χ2v) is 3.75. The molecule has 1 rings (SSSR count). The number of carboxylic acids is 1. The van der Waals surface area contributed by atoms with Crippen LogP contribution in [0.4, 0.5) is 0 Å². The van der Waals surface area contributed by atoms with Crippen LogP contribution >= 0.6 is 15.9 Å². The third-order valence-corrected chi connectivity index (χ3v) is 2.53. The molecule has 0 spiro atoms. The number of rotatable bonds is 1. The molecule has 0 aliphatic heterocycles. The summed E-state index contributed by atoms with van der Waals surface area (Å²) in [7, 11) is 0. The van der Waals surface area contributed by atoms with Gasteiger partial charge in [-0.25, -0.2) is 0 Å². The first kappa shape index (κ1) is 8.61. The minimum absolute atomic E-state index is 0.0133. The molecule has 0 radical (unpaired) electrons. The Morgan fingerprint density at radius 1 is 1.64 bits per heavy atom. The van der Waals surface area contributed by atoms with Gasteiger partial charge in [0, 0.05) is 21.8 Å². The average molecular weight is 217 g/mol. The number of hydrogen-bond donors (Lipinski definition) is 1. The van der Waals surface area contributed by atoms with Crippen molar-refractivity contribution in [3.8, 4) is 10.8 Å². The van der Waals surface area contributed by atoms with Gasteiger partial charge in [-0.3, -0.25) is 4.79 Å². The average Bonchev–Trinajstić information content (AvgIpc) is 2.35. The molecule has 3 heteroatoms. The molecule has 0 aromatic carbocycles. The lowest BCUT2D eigenvalue weighted by atomic mass is 10.1. The van der Waals surface area contributed by atoms with Crippen LogP contribution < -0.4 is 0 Å². The number of halogens is 1. The van der Waals surface area contributed by atoms with E-state index in [1.807, 2.05) is 13.8 Å². The normalized spacial score (nSPS) is 31.9. The van der Waals surface area contributed by atoms with Gasteiger partial charge in [-0.2, -0.15) is 0 Å². The second-order valence-electron chi connectivity index (χ2n) is 3.35. The first-order valence-corrected chi connectivity index (χ1v) is 4.15. The molecular formula is C8H9BrO2. The van der Waals surface area contributed by atoms with Gasteiger partial charge in [0.15, 0.2) is 0 Å². The minimum atomic E-state index is -0.741. The third kappa shape index (κ3) is 1.28. The van der Waals surface area contributed by atoms with E-state index in [-0.39, 0.29) is 17.3 Å². The third-order valence-electron chi connectivity index (χ3n) is 2.30. The van der Waals surface area contributed by atoms with Gasteiger partial charge < -0.3 is 5.11 Å². The maximum Gasteiger partial charge on any atom is 0.308 e. The lowest BCUT2D eigenvalue weighted by molar-refractivity contribution is -0.139. The summed E-state index contributed by atoms with van der Waals surface area (Å²) in [6.07, 6.45) is 0. The van der Waals surface area contributed by atoms with Crippen LogP contribution in [0.1, 0.15) is 13.8 Å². The second kappa shape index (κ2) is 2.53. The maximum atomic E-state index is 10.6. The fourth-order valence-corrected chi connectivity index (χ4v) is 1.67. The van der Waals surface area contributed by atoms with Crippen LogP contribution in [0, 0.1) is 28.0 Å². The lowest BCUT2D eigenvalue weighted by Crippen LogP contribution is -2.02. The Morgan fingerprint density at radius 2 is 2.18 bits per heavy atom. The molecule has 1 aliphatic carbocycles. The molecule has 1 aliphatic rings. The van der Waals surface area contributed by atoms with Gasteiger partial charge in [0.1, 0.15) is 0 Å². The molecule has 2 unspecified atom stereocenters. The monoisotopic (exact) mass is 216 g/mol. The molecule has 1 N–H and O–H groups in total. The molecule has 0 bridgehead atoms. The van der Waals surface area contributed by atoms with Crippen molar-refractivity contribution < 1.29 is 9.90 Å². The zero-order chi connectivity index (χ0) is 8.65. The van der Waals surface area contributed by atoms with E-state index in [0.29, 0.717) is 0 Å². The molecule has 0 aromatic rings. The maximum absolute atomic E-state index is 10.6. The molecule has 11 heavy (non-hydrogen) atoms. The number of carbonyl (C=O) groups is 1. The zero-order valence-corrected chi connectivity index (χ0v) is 7.97. The highest BCUT2D eigenvalue weighted by atomic mass is 79.9. The van der Waals surface area contributed by atoms with Crippen LogP contribution in [-0.2, 0) is 4.79 Å². The first-order chi connectivity index (χ1) is 5.01. The molecule has 1 fully saturated rings. The van der Waals surface area contributed by atoms with Crippen LogP contribution in [-0.4, -0.2) is 11.1 Å². The Labute approximate surface area is 74.1 Å². The van der Waals surface area contributed by atoms with Gasteiger partial charge in [-0.1, -0.05) is 19.8 Å². The van der Waals surface area contributed by atoms with E-state index >= 15 is 0 Å². The molecule has 0 amide bonds. The Hall–Kier alpha value is -0.490. The summed E-state index contributed by atoms with van der Waals surface area (Å²) in [5.41, 5.74) is -0.146. The largest absolute Gasteiger partial charge is 0.481 e. The van der Waals surface area contributed by atoms with Crippen molar-refractivity contribution in [1.29, 1.82) is 0 Å². The number of hydrogen-bond acceptors (Lipinski definition) is 1. The van der Waals surface area contributed by atoms with Gasteiger partial charge >= 0.3 is 5.97 Å². The van der Waals surface area contributed by atoms with Crippen molar-refractivity contribution in [2.45, 2.75) is 13.8 Å². The summed E-state index contributed by atoms with van der Waals surface area (Å²) in [5.74, 6) is 1.82. The summed E-state index contributed by atoms with van der Waals surface area (Å²) < 4.78 is 0. The fraction of sp³-hybridized carbons (Fsp3) is 0.625. The van der Waals surface area contributed by atoms with Crippen molar-refractivity contribution in [3.63, 3.8) is 0 Å². The smallest absolute Gasteiger partial charge is 0.308 e. The molecule has 60 valence electrons. The molecule has 2 nitrogen and oxygen atoms in total. The van der Waals surface area contributed by atoms with Gasteiger partial charge in [-0.15, -0.1) is 0 Å². The summed E-state index contributed by atoms with van der Waals surface area (Å²) in [6, 6.07) is 0.